The van der Waals surface area contributed by atoms with E-state index in [1.807, 2.05) is 75.9 Å². The van der Waals surface area contributed by atoms with E-state index in [0.29, 0.717) is 49.2 Å². The zero-order valence-electron chi connectivity index (χ0n) is 28.0. The van der Waals surface area contributed by atoms with E-state index in [9.17, 15) is 4.79 Å². The topological polar surface area (TPSA) is 128 Å². The van der Waals surface area contributed by atoms with Crippen LogP contribution >= 0.6 is 0 Å². The number of carbonyl (C=O) groups is 1. The number of nitriles is 2. The highest BCUT2D eigenvalue weighted by molar-refractivity contribution is 5.97. The number of rotatable bonds is 7. The molecule has 0 radical (unpaired) electrons. The van der Waals surface area contributed by atoms with Crippen molar-refractivity contribution >= 4 is 5.91 Å². The van der Waals surface area contributed by atoms with Gasteiger partial charge in [0.25, 0.3) is 5.91 Å². The van der Waals surface area contributed by atoms with E-state index < -0.39 is 0 Å². The molecule has 0 atom stereocenters. The number of ether oxygens (including phenoxy) is 2. The van der Waals surface area contributed by atoms with Crippen molar-refractivity contribution in [3.05, 3.63) is 70.0 Å². The molecule has 9 heteroatoms. The number of H-pyrrole nitrogens is 1. The number of benzene rings is 2. The number of aromatic nitrogens is 3. The lowest BCUT2D eigenvalue weighted by molar-refractivity contribution is 0.0711. The molecule has 0 bridgehead atoms. The lowest BCUT2D eigenvalue weighted by atomic mass is 9.87. The molecular formula is C35H50N6O3. The highest BCUT2D eigenvalue weighted by atomic mass is 16.5. The summed E-state index contributed by atoms with van der Waals surface area (Å²) in [4.78, 5) is 20.2. The highest BCUT2D eigenvalue weighted by Gasteiger charge is 2.27. The fraction of sp³-hybridized carbons (Fsp3) is 0.514. The Morgan fingerprint density at radius 2 is 1.66 bits per heavy atom. The van der Waals surface area contributed by atoms with E-state index in [1.54, 1.807) is 14.2 Å². The fourth-order valence-corrected chi connectivity index (χ4v) is 4.67. The minimum Gasteiger partial charge on any atom is -0.385 e. The van der Waals surface area contributed by atoms with Gasteiger partial charge in [0.1, 0.15) is 6.61 Å². The van der Waals surface area contributed by atoms with E-state index >= 15 is 0 Å². The van der Waals surface area contributed by atoms with Gasteiger partial charge in [-0.3, -0.25) is 9.89 Å². The van der Waals surface area contributed by atoms with E-state index in [4.69, 9.17) is 15.3 Å². The first-order valence-electron chi connectivity index (χ1n) is 15.4. The molecule has 3 aromatic rings. The van der Waals surface area contributed by atoms with E-state index in [1.165, 1.54) is 5.56 Å². The molecule has 1 saturated heterocycles. The Labute approximate surface area is 264 Å². The first-order valence-corrected chi connectivity index (χ1v) is 15.4. The number of methoxy groups -OCH3 is 2. The van der Waals surface area contributed by atoms with Gasteiger partial charge in [-0.25, -0.2) is 4.98 Å². The van der Waals surface area contributed by atoms with Crippen LogP contribution in [0.25, 0.3) is 11.4 Å². The maximum Gasteiger partial charge on any atom is 0.254 e. The molecule has 1 aromatic heterocycles. The van der Waals surface area contributed by atoms with Gasteiger partial charge in [-0.05, 0) is 73.4 Å². The average Bonchev–Trinajstić information content (AvgIpc) is 3.54. The third kappa shape index (κ3) is 11.2. The second-order valence-electron chi connectivity index (χ2n) is 10.3. The number of aromatic amines is 1. The molecule has 238 valence electrons. The van der Waals surface area contributed by atoms with Gasteiger partial charge in [0.05, 0.1) is 17.7 Å². The number of piperidine rings is 1. The Morgan fingerprint density at radius 1 is 1.07 bits per heavy atom. The van der Waals surface area contributed by atoms with Crippen LogP contribution < -0.4 is 0 Å². The Bertz CT molecular complexity index is 1340. The number of hydrogen-bond donors (Lipinski definition) is 1. The van der Waals surface area contributed by atoms with Crippen molar-refractivity contribution in [3.63, 3.8) is 0 Å². The average molecular weight is 603 g/mol. The summed E-state index contributed by atoms with van der Waals surface area (Å²) in [5.74, 6) is 1.92. The van der Waals surface area contributed by atoms with Crippen molar-refractivity contribution in [1.29, 1.82) is 10.5 Å². The van der Waals surface area contributed by atoms with Gasteiger partial charge in [-0.1, -0.05) is 52.8 Å². The fourth-order valence-electron chi connectivity index (χ4n) is 4.67. The third-order valence-electron chi connectivity index (χ3n) is 7.04. The summed E-state index contributed by atoms with van der Waals surface area (Å²) in [7, 11) is 3.30. The van der Waals surface area contributed by atoms with E-state index in [0.717, 1.165) is 41.7 Å². The highest BCUT2D eigenvalue weighted by Crippen LogP contribution is 2.32. The van der Waals surface area contributed by atoms with Gasteiger partial charge in [0, 0.05) is 51.5 Å². The molecule has 44 heavy (non-hydrogen) atoms. The van der Waals surface area contributed by atoms with E-state index in [2.05, 4.69) is 45.9 Å². The lowest BCUT2D eigenvalue weighted by Crippen LogP contribution is -2.38. The molecule has 1 fully saturated rings. The molecule has 9 nitrogen and oxygen atoms in total. The molecule has 0 unspecified atom stereocenters. The van der Waals surface area contributed by atoms with Crippen molar-refractivity contribution in [2.75, 3.05) is 33.9 Å². The summed E-state index contributed by atoms with van der Waals surface area (Å²) >= 11 is 0. The van der Waals surface area contributed by atoms with Gasteiger partial charge in [0.15, 0.2) is 11.6 Å². The Balaban J connectivity index is 0.000000852. The quantitative estimate of drug-likeness (QED) is 0.296. The monoisotopic (exact) mass is 602 g/mol. The summed E-state index contributed by atoms with van der Waals surface area (Å²) < 4.78 is 9.68. The zero-order chi connectivity index (χ0) is 33.1. The SMILES string of the molecule is CC.CCC#N.CCOC.COCc1nc(-c2cc(C(=O)N3CCC(c4ccc(C#N)cc4)CC3)c(C(C)C)cc2C)n[nH]1. The summed E-state index contributed by atoms with van der Waals surface area (Å²) in [6.07, 6.45) is 2.45. The Hall–Kier alpha value is -4.05. The maximum atomic E-state index is 13.7. The molecular weight excluding hydrogens is 552 g/mol. The minimum absolute atomic E-state index is 0.0656. The predicted molar refractivity (Wildman–Crippen MR) is 175 cm³/mol. The maximum absolute atomic E-state index is 13.7. The summed E-state index contributed by atoms with van der Waals surface area (Å²) in [5.41, 5.74) is 5.59. The van der Waals surface area contributed by atoms with Crippen LogP contribution in [0.3, 0.4) is 0 Å². The standard InChI is InChI=1S/C27H31N5O2.C3H5N.C3H8O.C2H6/c1-17(2)22-13-18(3)23(26-29-25(16-34-4)30-31-26)14-24(22)27(33)32-11-9-21(10-12-32)20-7-5-19(15-28)6-8-20;1-2-3-4;1-3-4-2;1-2/h5-8,13-14,17,21H,9-12,16H2,1-4H3,(H,29,30,31);2H2,1H3;3H2,1-2H3;1-2H3. The van der Waals surface area contributed by atoms with Crippen LogP contribution in [0.5, 0.6) is 0 Å². The van der Waals surface area contributed by atoms with Crippen LogP contribution in [0.2, 0.25) is 0 Å². The molecule has 0 spiro atoms. The number of nitrogens with one attached hydrogen (secondary N) is 1. The molecule has 2 aromatic carbocycles. The minimum atomic E-state index is 0.0656. The van der Waals surface area contributed by atoms with Crippen molar-refractivity contribution in [2.45, 2.75) is 86.2 Å². The van der Waals surface area contributed by atoms with Crippen LogP contribution in [-0.2, 0) is 16.1 Å². The molecule has 1 amide bonds. The van der Waals surface area contributed by atoms with Crippen molar-refractivity contribution in [3.8, 4) is 23.5 Å². The van der Waals surface area contributed by atoms with Crippen molar-refractivity contribution in [2.24, 2.45) is 0 Å². The number of nitrogens with zero attached hydrogens (tertiary/aromatic N) is 5. The lowest BCUT2D eigenvalue weighted by Gasteiger charge is -2.33. The van der Waals surface area contributed by atoms with Gasteiger partial charge in [-0.2, -0.15) is 15.6 Å². The first-order chi connectivity index (χ1) is 21.2. The van der Waals surface area contributed by atoms with Gasteiger partial charge in [-0.15, -0.1) is 0 Å². The summed E-state index contributed by atoms with van der Waals surface area (Å²) in [6, 6.07) is 16.0. The molecule has 4 rings (SSSR count). The molecule has 2 heterocycles. The molecule has 1 N–H and O–H groups in total. The molecule has 1 aliphatic heterocycles. The van der Waals surface area contributed by atoms with Crippen LogP contribution in [0.15, 0.2) is 36.4 Å². The number of likely N-dealkylation sites (tertiary alicyclic amines) is 1. The van der Waals surface area contributed by atoms with Crippen molar-refractivity contribution in [1.82, 2.24) is 20.1 Å². The number of aryl methyl sites for hydroxylation is 1. The smallest absolute Gasteiger partial charge is 0.254 e. The van der Waals surface area contributed by atoms with Gasteiger partial charge < -0.3 is 14.4 Å². The molecule has 0 aliphatic carbocycles. The molecule has 0 saturated carbocycles. The predicted octanol–water partition coefficient (Wildman–Crippen LogP) is 7.54. The number of hydrogen-bond acceptors (Lipinski definition) is 7. The first kappa shape index (κ1) is 38.0. The van der Waals surface area contributed by atoms with Gasteiger partial charge in [0.2, 0.25) is 0 Å². The largest absolute Gasteiger partial charge is 0.385 e. The normalized spacial score (nSPS) is 12.4. The van der Waals surface area contributed by atoms with Crippen LogP contribution in [-0.4, -0.2) is 59.9 Å². The van der Waals surface area contributed by atoms with Crippen LogP contribution in [0, 0.1) is 29.6 Å². The zero-order valence-corrected chi connectivity index (χ0v) is 28.0. The Kier molecular flexibility index (Phi) is 17.9. The van der Waals surface area contributed by atoms with Crippen LogP contribution in [0.1, 0.15) is 111 Å². The number of carbonyl (C=O) groups excluding carboxylic acids is 1. The van der Waals surface area contributed by atoms with E-state index in [-0.39, 0.29) is 11.8 Å². The van der Waals surface area contributed by atoms with Crippen molar-refractivity contribution < 1.29 is 14.3 Å². The van der Waals surface area contributed by atoms with Gasteiger partial charge >= 0.3 is 0 Å². The second-order valence-corrected chi connectivity index (χ2v) is 10.3. The summed E-state index contributed by atoms with van der Waals surface area (Å²) in [6.45, 7) is 16.6. The Morgan fingerprint density at radius 3 is 2.14 bits per heavy atom. The molecule has 1 aliphatic rings. The number of amides is 1. The van der Waals surface area contributed by atoms with Crippen LogP contribution in [0.4, 0.5) is 0 Å². The second kappa shape index (κ2) is 20.8. The summed E-state index contributed by atoms with van der Waals surface area (Å²) in [5, 5.41) is 23.9. The third-order valence-corrected chi connectivity index (χ3v) is 7.04.